The van der Waals surface area contributed by atoms with Gasteiger partial charge in [0, 0.05) is 0 Å². The van der Waals surface area contributed by atoms with E-state index >= 15 is 0 Å². The predicted molar refractivity (Wildman–Crippen MR) is 326 cm³/mol. The molecule has 0 radical (unpaired) electrons. The number of aromatic hydroxyl groups is 4. The zero-order chi connectivity index (χ0) is 53.5. The summed E-state index contributed by atoms with van der Waals surface area (Å²) in [4.78, 5) is 0. The molecule has 0 heterocycles. The summed E-state index contributed by atoms with van der Waals surface area (Å²) in [5.41, 5.74) is 7.96. The Bertz CT molecular complexity index is 1890. The molecule has 0 spiro atoms. The molecule has 0 saturated heterocycles. The number of hydrogen-bond donors (Lipinski definition) is 4. The van der Waals surface area contributed by atoms with Crippen LogP contribution in [0.25, 0.3) is 22.3 Å². The molecule has 72 heavy (non-hydrogen) atoms. The maximum absolute atomic E-state index is 8.63. The summed E-state index contributed by atoms with van der Waals surface area (Å²) in [6.07, 6.45) is 4.71. The van der Waals surface area contributed by atoms with E-state index in [1.54, 1.807) is 97.1 Å². The van der Waals surface area contributed by atoms with Crippen LogP contribution in [-0.2, 0) is 12.8 Å². The van der Waals surface area contributed by atoms with E-state index in [-0.39, 0.29) is 14.9 Å². The number of para-hydroxylation sites is 4. The van der Waals surface area contributed by atoms with Crippen LogP contribution in [0.4, 0.5) is 0 Å². The van der Waals surface area contributed by atoms with Gasteiger partial charge >= 0.3 is 0 Å². The van der Waals surface area contributed by atoms with Gasteiger partial charge < -0.3 is 20.4 Å². The van der Waals surface area contributed by atoms with Crippen LogP contribution in [0.5, 0.6) is 23.0 Å². The number of rotatable bonds is 4. The molecule has 4 nitrogen and oxygen atoms in total. The molecule has 0 aromatic heterocycles. The maximum Gasteiger partial charge on any atom is 0.115 e. The normalized spacial score (nSPS) is 8.08. The van der Waals surface area contributed by atoms with Crippen molar-refractivity contribution in [2.75, 3.05) is 0 Å². The van der Waals surface area contributed by atoms with Crippen LogP contribution in [0.15, 0.2) is 231 Å². The summed E-state index contributed by atoms with van der Waals surface area (Å²) in [6, 6.07) is 73.3. The lowest BCUT2D eigenvalue weighted by molar-refractivity contribution is 0.475. The first-order valence-electron chi connectivity index (χ1n) is 25.5. The van der Waals surface area contributed by atoms with Gasteiger partial charge in [-0.1, -0.05) is 307 Å². The van der Waals surface area contributed by atoms with E-state index < -0.39 is 0 Å². The van der Waals surface area contributed by atoms with Crippen LogP contribution in [0.3, 0.4) is 0 Å². The second-order valence-corrected chi connectivity index (χ2v) is 13.6. The number of benzene rings is 8. The molecule has 4 N–H and O–H groups in total. The third kappa shape index (κ3) is 45.4. The van der Waals surface area contributed by atoms with Crippen LogP contribution < -0.4 is 0 Å². The molecule has 0 saturated carbocycles. The van der Waals surface area contributed by atoms with Crippen molar-refractivity contribution in [3.05, 3.63) is 242 Å². The average molecular weight is 982 g/mol. The Hall–Kier alpha value is -7.04. The topological polar surface area (TPSA) is 80.9 Å². The van der Waals surface area contributed by atoms with E-state index in [4.69, 9.17) is 20.4 Å². The molecule has 0 atom stereocenters. The van der Waals surface area contributed by atoms with Gasteiger partial charge in [0.2, 0.25) is 0 Å². The minimum atomic E-state index is 0. The van der Waals surface area contributed by atoms with Crippen molar-refractivity contribution in [1.82, 2.24) is 0 Å². The molecule has 8 aromatic rings. The highest BCUT2D eigenvalue weighted by molar-refractivity contribution is 5.64. The summed E-state index contributed by atoms with van der Waals surface area (Å²) in [7, 11) is 0. The lowest BCUT2D eigenvalue weighted by atomic mass is 10.0. The van der Waals surface area contributed by atoms with E-state index in [0.717, 1.165) is 12.8 Å². The monoisotopic (exact) mass is 981 g/mol. The molecular weight excluding hydrogens is 881 g/mol. The van der Waals surface area contributed by atoms with Gasteiger partial charge in [0.05, 0.1) is 0 Å². The Morgan fingerprint density at radius 1 is 0.222 bits per heavy atom. The maximum atomic E-state index is 8.63. The molecule has 0 amide bonds. The fourth-order valence-electron chi connectivity index (χ4n) is 4.84. The molecular formula is C68H100O4. The highest BCUT2D eigenvalue weighted by Crippen LogP contribution is 2.21. The SMILES string of the molecule is C.C.CC.CC.CC.CC.CCC.CCC.CCc1ccc(-c2ccc(CC)cc2)cc1.Oc1ccccc1.Oc1ccccc1.Oc1ccccc1.Oc1ccccc1.c1ccc(-c2ccccc2)cc1. The first-order chi connectivity index (χ1) is 34.2. The van der Waals surface area contributed by atoms with Gasteiger partial charge in [0.1, 0.15) is 23.0 Å². The van der Waals surface area contributed by atoms with E-state index in [2.05, 4.69) is 139 Å². The van der Waals surface area contributed by atoms with Crippen LogP contribution in [-0.4, -0.2) is 20.4 Å². The van der Waals surface area contributed by atoms with Crippen LogP contribution >= 0.6 is 0 Å². The average Bonchev–Trinajstić information content (AvgIpc) is 3.44. The number of phenolic OH excluding ortho intramolecular Hbond substituents is 4. The molecule has 0 bridgehead atoms. The Morgan fingerprint density at radius 2 is 0.361 bits per heavy atom. The molecule has 0 aliphatic rings. The Labute approximate surface area is 442 Å². The number of aryl methyl sites for hydroxylation is 2. The predicted octanol–water partition coefficient (Wildman–Crippen LogP) is 21.6. The van der Waals surface area contributed by atoms with E-state index in [1.807, 2.05) is 91.8 Å². The van der Waals surface area contributed by atoms with Gasteiger partial charge in [-0.05, 0) is 94.8 Å². The van der Waals surface area contributed by atoms with Crippen molar-refractivity contribution in [1.29, 1.82) is 0 Å². The summed E-state index contributed by atoms with van der Waals surface area (Å²) >= 11 is 0. The number of hydrogen-bond acceptors (Lipinski definition) is 4. The first kappa shape index (κ1) is 76.4. The Kier molecular flexibility index (Phi) is 63.8. The van der Waals surface area contributed by atoms with Crippen molar-refractivity contribution in [2.24, 2.45) is 0 Å². The van der Waals surface area contributed by atoms with Gasteiger partial charge in [-0.3, -0.25) is 0 Å². The summed E-state index contributed by atoms with van der Waals surface area (Å²) in [6.45, 7) is 28.9. The van der Waals surface area contributed by atoms with Crippen molar-refractivity contribution >= 4 is 0 Å². The van der Waals surface area contributed by atoms with E-state index in [1.165, 1.54) is 46.2 Å². The van der Waals surface area contributed by atoms with Gasteiger partial charge in [0.25, 0.3) is 0 Å². The van der Waals surface area contributed by atoms with Crippen molar-refractivity contribution in [3.8, 4) is 45.3 Å². The summed E-state index contributed by atoms with van der Waals surface area (Å²) < 4.78 is 0. The molecule has 8 aromatic carbocycles. The summed E-state index contributed by atoms with van der Waals surface area (Å²) in [5, 5.41) is 34.5. The minimum absolute atomic E-state index is 0. The minimum Gasteiger partial charge on any atom is -0.508 e. The Morgan fingerprint density at radius 3 is 0.486 bits per heavy atom. The summed E-state index contributed by atoms with van der Waals surface area (Å²) in [5.74, 6) is 1.29. The van der Waals surface area contributed by atoms with Gasteiger partial charge in [-0.25, -0.2) is 0 Å². The molecule has 4 heteroatoms. The van der Waals surface area contributed by atoms with Crippen molar-refractivity contribution in [3.63, 3.8) is 0 Å². The van der Waals surface area contributed by atoms with Crippen molar-refractivity contribution in [2.45, 2.75) is 137 Å². The number of phenols is 4. The molecule has 0 aliphatic heterocycles. The molecule has 0 unspecified atom stereocenters. The largest absolute Gasteiger partial charge is 0.508 e. The van der Waals surface area contributed by atoms with E-state index in [0.29, 0.717) is 23.0 Å². The second-order valence-electron chi connectivity index (χ2n) is 13.6. The second kappa shape index (κ2) is 60.1. The molecule has 0 aliphatic carbocycles. The highest BCUT2D eigenvalue weighted by Gasteiger charge is 1.98. The molecule has 0 fully saturated rings. The third-order valence-electron chi connectivity index (χ3n) is 7.96. The zero-order valence-electron chi connectivity index (χ0n) is 45.6. The smallest absolute Gasteiger partial charge is 0.115 e. The van der Waals surface area contributed by atoms with Gasteiger partial charge in [0.15, 0.2) is 0 Å². The van der Waals surface area contributed by atoms with Gasteiger partial charge in [-0.15, -0.1) is 0 Å². The standard InChI is InChI=1S/C16H18.C12H10.4C6H6O.2C3H8.4C2H6.2CH4/c1-3-13-5-9-15(10-6-13)16-11-7-14(4-2)8-12-16;1-3-7-11(8-4-1)12-9-5-2-6-10-12;4*7-6-4-2-1-3-5-6;2*1-3-2;4*1-2;;/h5-12H,3-4H2,1-2H3;1-10H;4*1-5,7H;2*3H2,1-2H3;4*1-2H3;2*1H4. The van der Waals surface area contributed by atoms with E-state index in [9.17, 15) is 0 Å². The van der Waals surface area contributed by atoms with Crippen LogP contribution in [0, 0.1) is 0 Å². The van der Waals surface area contributed by atoms with Gasteiger partial charge in [-0.2, -0.15) is 0 Å². The lowest BCUT2D eigenvalue weighted by Crippen LogP contribution is -1.83. The third-order valence-corrected chi connectivity index (χ3v) is 7.96. The highest BCUT2D eigenvalue weighted by atomic mass is 16.3. The zero-order valence-corrected chi connectivity index (χ0v) is 45.6. The lowest BCUT2D eigenvalue weighted by Gasteiger charge is -2.04. The van der Waals surface area contributed by atoms with Crippen LogP contribution in [0.2, 0.25) is 0 Å². The fraction of sp³-hybridized carbons (Fsp3) is 0.294. The molecule has 396 valence electrons. The van der Waals surface area contributed by atoms with Crippen LogP contribution in [0.1, 0.15) is 136 Å². The quantitative estimate of drug-likeness (QED) is 0.142. The molecule has 8 rings (SSSR count). The van der Waals surface area contributed by atoms with Crippen molar-refractivity contribution < 1.29 is 20.4 Å². The first-order valence-corrected chi connectivity index (χ1v) is 25.5. The fourth-order valence-corrected chi connectivity index (χ4v) is 4.84. The Balaban J connectivity index is -0.000000176.